The molecule has 0 unspecified atom stereocenters. The maximum absolute atomic E-state index is 6.49. The molecule has 0 aliphatic carbocycles. The molecule has 0 radical (unpaired) electrons. The summed E-state index contributed by atoms with van der Waals surface area (Å²) in [6, 6.07) is 34.6. The van der Waals surface area contributed by atoms with E-state index in [0.29, 0.717) is 0 Å². The van der Waals surface area contributed by atoms with Gasteiger partial charge < -0.3 is 9.47 Å². The molecule has 37 heavy (non-hydrogen) atoms. The van der Waals surface area contributed by atoms with Crippen LogP contribution in [-0.4, -0.2) is 9.97 Å². The zero-order chi connectivity index (χ0) is 24.8. The molecule has 4 heteroatoms. The first kappa shape index (κ1) is 21.3. The number of nitrogens with zero attached hydrogens (tertiary/aromatic N) is 2. The van der Waals surface area contributed by atoms with Crippen molar-refractivity contribution < 1.29 is 9.47 Å². The number of benzene rings is 4. The standard InChI is InChI=1S/C33H22N2O2/c1-21-17-24(20-26(18-21)36-25-10-4-9-23(19-25)29-12-2-3-15-34-29)32-33-28(14-16-35-32)27-11-5-7-22-8-6-13-30(37-33)31(22)27/h2-20H,1H3. The third-order valence-corrected chi connectivity index (χ3v) is 6.63. The van der Waals surface area contributed by atoms with E-state index in [2.05, 4.69) is 42.2 Å². The van der Waals surface area contributed by atoms with Crippen molar-refractivity contribution in [2.75, 3.05) is 0 Å². The van der Waals surface area contributed by atoms with E-state index in [1.165, 1.54) is 0 Å². The van der Waals surface area contributed by atoms with Gasteiger partial charge in [0.1, 0.15) is 22.9 Å². The molecule has 0 atom stereocenters. The summed E-state index contributed by atoms with van der Waals surface area (Å²) in [5, 5.41) is 2.30. The van der Waals surface area contributed by atoms with Gasteiger partial charge in [0.15, 0.2) is 5.75 Å². The van der Waals surface area contributed by atoms with E-state index in [4.69, 9.17) is 14.5 Å². The Morgan fingerprint density at radius 2 is 1.51 bits per heavy atom. The van der Waals surface area contributed by atoms with Crippen molar-refractivity contribution in [3.63, 3.8) is 0 Å². The van der Waals surface area contributed by atoms with Gasteiger partial charge in [-0.1, -0.05) is 48.5 Å². The third kappa shape index (κ3) is 3.80. The molecule has 0 spiro atoms. The van der Waals surface area contributed by atoms with Crippen LogP contribution in [0.4, 0.5) is 0 Å². The van der Waals surface area contributed by atoms with E-state index < -0.39 is 0 Å². The van der Waals surface area contributed by atoms with E-state index in [1.807, 2.05) is 79.0 Å². The summed E-state index contributed by atoms with van der Waals surface area (Å²) in [5.41, 5.74) is 6.93. The summed E-state index contributed by atoms with van der Waals surface area (Å²) in [7, 11) is 0. The predicted molar refractivity (Wildman–Crippen MR) is 147 cm³/mol. The molecule has 2 aromatic heterocycles. The Morgan fingerprint density at radius 1 is 0.649 bits per heavy atom. The molecule has 0 saturated heterocycles. The molecule has 7 rings (SSSR count). The number of hydrogen-bond acceptors (Lipinski definition) is 4. The lowest BCUT2D eigenvalue weighted by Gasteiger charge is -2.23. The van der Waals surface area contributed by atoms with Gasteiger partial charge in [0, 0.05) is 34.5 Å². The van der Waals surface area contributed by atoms with Crippen LogP contribution in [0.3, 0.4) is 0 Å². The molecule has 4 nitrogen and oxygen atoms in total. The van der Waals surface area contributed by atoms with Gasteiger partial charge in [-0.15, -0.1) is 0 Å². The number of rotatable bonds is 4. The fraction of sp³-hybridized carbons (Fsp3) is 0.0303. The number of aryl methyl sites for hydroxylation is 1. The van der Waals surface area contributed by atoms with Gasteiger partial charge >= 0.3 is 0 Å². The van der Waals surface area contributed by atoms with Crippen LogP contribution < -0.4 is 9.47 Å². The smallest absolute Gasteiger partial charge is 0.161 e. The van der Waals surface area contributed by atoms with Gasteiger partial charge in [-0.05, 0) is 78.0 Å². The largest absolute Gasteiger partial charge is 0.457 e. The molecule has 0 bridgehead atoms. The van der Waals surface area contributed by atoms with Crippen LogP contribution in [0, 0.1) is 6.92 Å². The zero-order valence-electron chi connectivity index (χ0n) is 20.2. The first-order valence-corrected chi connectivity index (χ1v) is 12.2. The quantitative estimate of drug-likeness (QED) is 0.253. The summed E-state index contributed by atoms with van der Waals surface area (Å²) in [5.74, 6) is 3.11. The monoisotopic (exact) mass is 478 g/mol. The number of aromatic nitrogens is 2. The maximum Gasteiger partial charge on any atom is 0.161 e. The lowest BCUT2D eigenvalue weighted by atomic mass is 9.93. The van der Waals surface area contributed by atoms with Crippen molar-refractivity contribution in [2.45, 2.75) is 6.92 Å². The van der Waals surface area contributed by atoms with Gasteiger partial charge in [0.05, 0.1) is 5.69 Å². The second kappa shape index (κ2) is 8.61. The Hall–Kier alpha value is -4.96. The molecule has 0 fully saturated rings. The highest BCUT2D eigenvalue weighted by Gasteiger charge is 2.24. The molecular weight excluding hydrogens is 456 g/mol. The Labute approximate surface area is 214 Å². The van der Waals surface area contributed by atoms with Crippen molar-refractivity contribution in [1.29, 1.82) is 0 Å². The lowest BCUT2D eigenvalue weighted by Crippen LogP contribution is -2.00. The minimum absolute atomic E-state index is 0.742. The highest BCUT2D eigenvalue weighted by Crippen LogP contribution is 2.49. The molecule has 0 saturated carbocycles. The number of hydrogen-bond donors (Lipinski definition) is 0. The Balaban J connectivity index is 1.29. The molecule has 1 aliphatic rings. The van der Waals surface area contributed by atoms with Crippen molar-refractivity contribution in [3.8, 4) is 56.6 Å². The predicted octanol–water partition coefficient (Wildman–Crippen LogP) is 8.84. The van der Waals surface area contributed by atoms with Gasteiger partial charge in [0.2, 0.25) is 0 Å². The van der Waals surface area contributed by atoms with Crippen LogP contribution >= 0.6 is 0 Å². The van der Waals surface area contributed by atoms with Crippen LogP contribution in [-0.2, 0) is 0 Å². The molecule has 176 valence electrons. The minimum Gasteiger partial charge on any atom is -0.457 e. The molecule has 6 aromatic rings. The Kier molecular flexibility index (Phi) is 4.96. The molecule has 0 amide bonds. The van der Waals surface area contributed by atoms with Gasteiger partial charge in [-0.25, -0.2) is 0 Å². The molecule has 0 N–H and O–H groups in total. The lowest BCUT2D eigenvalue weighted by molar-refractivity contribution is 0.481. The average molecular weight is 479 g/mol. The van der Waals surface area contributed by atoms with Gasteiger partial charge in [0.25, 0.3) is 0 Å². The average Bonchev–Trinajstić information content (AvgIpc) is 2.93. The molecule has 1 aliphatic heterocycles. The van der Waals surface area contributed by atoms with E-state index in [1.54, 1.807) is 6.20 Å². The Bertz CT molecular complexity index is 1790. The van der Waals surface area contributed by atoms with Crippen LogP contribution in [0.15, 0.2) is 116 Å². The number of pyridine rings is 2. The normalized spacial score (nSPS) is 11.6. The first-order valence-electron chi connectivity index (χ1n) is 12.2. The van der Waals surface area contributed by atoms with Crippen molar-refractivity contribution in [2.24, 2.45) is 0 Å². The van der Waals surface area contributed by atoms with E-state index >= 15 is 0 Å². The van der Waals surface area contributed by atoms with Crippen LogP contribution in [0.1, 0.15) is 5.56 Å². The molecule has 3 heterocycles. The third-order valence-electron chi connectivity index (χ3n) is 6.63. The summed E-state index contributed by atoms with van der Waals surface area (Å²) in [6.45, 7) is 2.06. The SMILES string of the molecule is Cc1cc(Oc2cccc(-c3ccccn3)c2)cc(-c2nccc3c2Oc2cccc4cccc-3c24)c1. The summed E-state index contributed by atoms with van der Waals surface area (Å²) < 4.78 is 12.8. The molecule has 4 aromatic carbocycles. The summed E-state index contributed by atoms with van der Waals surface area (Å²) >= 11 is 0. The molecular formula is C33H22N2O2. The van der Waals surface area contributed by atoms with E-state index in [-0.39, 0.29) is 0 Å². The first-order chi connectivity index (χ1) is 18.2. The fourth-order valence-electron chi connectivity index (χ4n) is 5.03. The highest BCUT2D eigenvalue weighted by atomic mass is 16.5. The number of ether oxygens (including phenoxy) is 2. The van der Waals surface area contributed by atoms with Crippen molar-refractivity contribution in [3.05, 3.63) is 121 Å². The zero-order valence-corrected chi connectivity index (χ0v) is 20.2. The van der Waals surface area contributed by atoms with Crippen molar-refractivity contribution >= 4 is 10.8 Å². The van der Waals surface area contributed by atoms with Crippen LogP contribution in [0.5, 0.6) is 23.0 Å². The minimum atomic E-state index is 0.742. The topological polar surface area (TPSA) is 44.2 Å². The second-order valence-electron chi connectivity index (χ2n) is 9.18. The maximum atomic E-state index is 6.49. The van der Waals surface area contributed by atoms with E-state index in [0.717, 1.165) is 73.0 Å². The Morgan fingerprint density at radius 3 is 2.41 bits per heavy atom. The number of fused-ring (bicyclic) bond motifs is 2. The van der Waals surface area contributed by atoms with E-state index in [9.17, 15) is 0 Å². The van der Waals surface area contributed by atoms with Gasteiger partial charge in [-0.3, -0.25) is 9.97 Å². The summed E-state index contributed by atoms with van der Waals surface area (Å²) in [4.78, 5) is 9.21. The van der Waals surface area contributed by atoms with Crippen molar-refractivity contribution in [1.82, 2.24) is 9.97 Å². The second-order valence-corrected chi connectivity index (χ2v) is 9.18. The van der Waals surface area contributed by atoms with Gasteiger partial charge in [-0.2, -0.15) is 0 Å². The summed E-state index contributed by atoms with van der Waals surface area (Å²) in [6.07, 6.45) is 3.65. The fourth-order valence-corrected chi connectivity index (χ4v) is 5.03. The highest BCUT2D eigenvalue weighted by molar-refractivity contribution is 6.05. The van der Waals surface area contributed by atoms with Crippen LogP contribution in [0.25, 0.3) is 44.4 Å². The van der Waals surface area contributed by atoms with Crippen LogP contribution in [0.2, 0.25) is 0 Å².